The van der Waals surface area contributed by atoms with Crippen molar-refractivity contribution in [3.05, 3.63) is 11.6 Å². The van der Waals surface area contributed by atoms with Crippen LogP contribution in [0.1, 0.15) is 40.5 Å². The summed E-state index contributed by atoms with van der Waals surface area (Å²) in [7, 11) is 0. The monoisotopic (exact) mass is 250 g/mol. The summed E-state index contributed by atoms with van der Waals surface area (Å²) in [6.07, 6.45) is 1.53. The van der Waals surface area contributed by atoms with Gasteiger partial charge in [0.1, 0.15) is 5.78 Å². The van der Waals surface area contributed by atoms with Crippen molar-refractivity contribution in [2.24, 2.45) is 10.8 Å². The number of aliphatic hydroxyl groups is 1. The number of ketones is 3. The summed E-state index contributed by atoms with van der Waals surface area (Å²) in [6.45, 7) is 6.83. The van der Waals surface area contributed by atoms with Crippen LogP contribution in [-0.4, -0.2) is 28.1 Å². The van der Waals surface area contributed by atoms with Crippen LogP contribution in [0.25, 0.3) is 0 Å². The van der Waals surface area contributed by atoms with Crippen molar-refractivity contribution in [2.45, 2.75) is 46.1 Å². The summed E-state index contributed by atoms with van der Waals surface area (Å²) >= 11 is 0. The summed E-state index contributed by atoms with van der Waals surface area (Å²) in [5, 5.41) is 10.7. The van der Waals surface area contributed by atoms with Gasteiger partial charge in [0.25, 0.3) is 0 Å². The molecule has 0 aliphatic heterocycles. The second kappa shape index (κ2) is 3.38. The quantitative estimate of drug-likeness (QED) is 0.710. The Morgan fingerprint density at radius 1 is 1.11 bits per heavy atom. The molecule has 0 spiro atoms. The average molecular weight is 250 g/mol. The third kappa shape index (κ3) is 1.27. The lowest BCUT2D eigenvalue weighted by Crippen LogP contribution is -2.59. The summed E-state index contributed by atoms with van der Waals surface area (Å²) < 4.78 is 0. The third-order valence-corrected chi connectivity index (χ3v) is 4.87. The Morgan fingerprint density at radius 2 is 1.67 bits per heavy atom. The van der Waals surface area contributed by atoms with Crippen LogP contribution in [0.2, 0.25) is 0 Å². The summed E-state index contributed by atoms with van der Waals surface area (Å²) in [5.41, 5.74) is -3.44. The number of hydrogen-bond acceptors (Lipinski definition) is 4. The van der Waals surface area contributed by atoms with Crippen molar-refractivity contribution < 1.29 is 19.5 Å². The standard InChI is InChI=1S/C14H18O4/c1-8-5-10(16)14(18,11(8)17)13(4)7-9(15)6-12(13,2)3/h5,18H,6-7H2,1-4H3. The van der Waals surface area contributed by atoms with Crippen molar-refractivity contribution in [2.75, 3.05) is 0 Å². The zero-order valence-corrected chi connectivity index (χ0v) is 11.2. The minimum absolute atomic E-state index is 0.0129. The molecule has 2 aliphatic rings. The summed E-state index contributed by atoms with van der Waals surface area (Å²) in [5.74, 6) is -1.16. The van der Waals surface area contributed by atoms with Gasteiger partial charge in [-0.1, -0.05) is 20.8 Å². The van der Waals surface area contributed by atoms with Gasteiger partial charge >= 0.3 is 0 Å². The highest BCUT2D eigenvalue weighted by molar-refractivity contribution is 6.28. The Morgan fingerprint density at radius 3 is 2.00 bits per heavy atom. The van der Waals surface area contributed by atoms with Crippen LogP contribution in [-0.2, 0) is 14.4 Å². The van der Waals surface area contributed by atoms with Gasteiger partial charge in [0.2, 0.25) is 0 Å². The Balaban J connectivity index is 2.58. The van der Waals surface area contributed by atoms with E-state index in [0.717, 1.165) is 0 Å². The van der Waals surface area contributed by atoms with Crippen molar-refractivity contribution >= 4 is 17.3 Å². The van der Waals surface area contributed by atoms with Crippen LogP contribution in [0.3, 0.4) is 0 Å². The van der Waals surface area contributed by atoms with E-state index in [1.165, 1.54) is 13.0 Å². The SMILES string of the molecule is CC1=CC(=O)C(O)(C2(C)CC(=O)CC2(C)C)C1=O. The van der Waals surface area contributed by atoms with Gasteiger partial charge in [-0.25, -0.2) is 0 Å². The Kier molecular flexibility index (Phi) is 2.47. The van der Waals surface area contributed by atoms with Crippen molar-refractivity contribution in [1.82, 2.24) is 0 Å². The van der Waals surface area contributed by atoms with Crippen LogP contribution >= 0.6 is 0 Å². The van der Waals surface area contributed by atoms with Gasteiger partial charge < -0.3 is 5.11 Å². The third-order valence-electron chi connectivity index (χ3n) is 4.87. The Hall–Kier alpha value is -1.29. The molecule has 1 saturated carbocycles. The van der Waals surface area contributed by atoms with Gasteiger partial charge in [-0.3, -0.25) is 14.4 Å². The smallest absolute Gasteiger partial charge is 0.198 e. The average Bonchev–Trinajstić information content (AvgIpc) is 2.55. The summed E-state index contributed by atoms with van der Waals surface area (Å²) in [6, 6.07) is 0. The molecule has 0 aromatic carbocycles. The van der Waals surface area contributed by atoms with E-state index in [1.54, 1.807) is 6.92 Å². The molecular formula is C14H18O4. The molecule has 1 fully saturated rings. The van der Waals surface area contributed by atoms with Gasteiger partial charge in [-0.15, -0.1) is 0 Å². The first kappa shape index (κ1) is 13.1. The van der Waals surface area contributed by atoms with E-state index in [2.05, 4.69) is 0 Å². The van der Waals surface area contributed by atoms with Gasteiger partial charge in [0.15, 0.2) is 17.2 Å². The van der Waals surface area contributed by atoms with Crippen LogP contribution in [0.15, 0.2) is 11.6 Å². The van der Waals surface area contributed by atoms with Crippen LogP contribution in [0.5, 0.6) is 0 Å². The molecule has 4 nitrogen and oxygen atoms in total. The molecular weight excluding hydrogens is 232 g/mol. The number of rotatable bonds is 1. The molecule has 2 aliphatic carbocycles. The maximum Gasteiger partial charge on any atom is 0.198 e. The highest BCUT2D eigenvalue weighted by Gasteiger charge is 2.68. The molecule has 0 aromatic heterocycles. The van der Waals surface area contributed by atoms with E-state index < -0.39 is 28.0 Å². The number of hydrogen-bond donors (Lipinski definition) is 1. The van der Waals surface area contributed by atoms with Crippen molar-refractivity contribution in [3.63, 3.8) is 0 Å². The summed E-state index contributed by atoms with van der Waals surface area (Å²) in [4.78, 5) is 35.9. The lowest BCUT2D eigenvalue weighted by Gasteiger charge is -2.46. The molecule has 2 atom stereocenters. The molecule has 18 heavy (non-hydrogen) atoms. The van der Waals surface area contributed by atoms with Crippen LogP contribution in [0.4, 0.5) is 0 Å². The molecule has 2 rings (SSSR count). The lowest BCUT2D eigenvalue weighted by atomic mass is 9.58. The lowest BCUT2D eigenvalue weighted by molar-refractivity contribution is -0.166. The molecule has 0 saturated heterocycles. The number of Topliss-reactive ketones (excluding diaryl/α,β-unsaturated/α-hetero) is 2. The van der Waals surface area contributed by atoms with Crippen molar-refractivity contribution in [1.29, 1.82) is 0 Å². The first-order valence-corrected chi connectivity index (χ1v) is 6.08. The van der Waals surface area contributed by atoms with E-state index >= 15 is 0 Å². The fourth-order valence-corrected chi connectivity index (χ4v) is 3.29. The number of carbonyl (C=O) groups is 3. The van der Waals surface area contributed by atoms with E-state index in [4.69, 9.17) is 0 Å². The zero-order chi connectivity index (χ0) is 13.9. The van der Waals surface area contributed by atoms with Gasteiger partial charge in [0.05, 0.1) is 0 Å². The van der Waals surface area contributed by atoms with E-state index in [9.17, 15) is 19.5 Å². The molecule has 0 heterocycles. The zero-order valence-electron chi connectivity index (χ0n) is 11.2. The molecule has 0 amide bonds. The Bertz CT molecular complexity index is 500. The van der Waals surface area contributed by atoms with Crippen LogP contribution in [0, 0.1) is 10.8 Å². The maximum absolute atomic E-state index is 12.2. The molecule has 2 unspecified atom stereocenters. The number of carbonyl (C=O) groups excluding carboxylic acids is 3. The molecule has 98 valence electrons. The second-order valence-electron chi connectivity index (χ2n) is 6.34. The highest BCUT2D eigenvalue weighted by atomic mass is 16.3. The molecule has 0 aromatic rings. The fourth-order valence-electron chi connectivity index (χ4n) is 3.29. The molecule has 0 radical (unpaired) electrons. The molecule has 0 bridgehead atoms. The molecule has 4 heteroatoms. The maximum atomic E-state index is 12.2. The van der Waals surface area contributed by atoms with E-state index in [-0.39, 0.29) is 24.2 Å². The minimum atomic E-state index is -2.08. The molecule has 1 N–H and O–H groups in total. The highest BCUT2D eigenvalue weighted by Crippen LogP contribution is 2.58. The van der Waals surface area contributed by atoms with Gasteiger partial charge in [-0.2, -0.15) is 0 Å². The Labute approximate surface area is 106 Å². The normalized spacial score (nSPS) is 39.4. The first-order chi connectivity index (χ1) is 8.06. The predicted octanol–water partition coefficient (Wildman–Crippen LogP) is 1.21. The predicted molar refractivity (Wildman–Crippen MR) is 64.8 cm³/mol. The van der Waals surface area contributed by atoms with Crippen molar-refractivity contribution in [3.8, 4) is 0 Å². The van der Waals surface area contributed by atoms with E-state index in [1.807, 2.05) is 13.8 Å². The van der Waals surface area contributed by atoms with Gasteiger partial charge in [0, 0.05) is 18.3 Å². The van der Waals surface area contributed by atoms with E-state index in [0.29, 0.717) is 0 Å². The minimum Gasteiger partial charge on any atom is -0.374 e. The topological polar surface area (TPSA) is 71.4 Å². The first-order valence-electron chi connectivity index (χ1n) is 6.08. The van der Waals surface area contributed by atoms with Crippen LogP contribution < -0.4 is 0 Å². The fraction of sp³-hybridized carbons (Fsp3) is 0.643. The largest absolute Gasteiger partial charge is 0.374 e. The van der Waals surface area contributed by atoms with Gasteiger partial charge in [-0.05, 0) is 24.0 Å². The second-order valence-corrected chi connectivity index (χ2v) is 6.34.